The minimum Gasteiger partial charge on any atom is -0.297 e. The topological polar surface area (TPSA) is 12.4 Å². The van der Waals surface area contributed by atoms with Gasteiger partial charge >= 0.3 is 0 Å². The van der Waals surface area contributed by atoms with Crippen LogP contribution in [0.15, 0.2) is 35.3 Å². The zero-order chi connectivity index (χ0) is 9.52. The van der Waals surface area contributed by atoms with Crippen LogP contribution in [-0.2, 0) is 6.42 Å². The molecule has 1 heteroatoms. The van der Waals surface area contributed by atoms with E-state index in [4.69, 9.17) is 0 Å². The maximum absolute atomic E-state index is 3.88. The van der Waals surface area contributed by atoms with Gasteiger partial charge in [0, 0.05) is 13.3 Å². The molecule has 13 heavy (non-hydrogen) atoms. The fourth-order valence-electron chi connectivity index (χ4n) is 1.16. The van der Waals surface area contributed by atoms with Crippen LogP contribution in [0, 0.1) is 0 Å². The minimum absolute atomic E-state index is 1.09. The Bertz CT molecular complexity index is 311. The quantitative estimate of drug-likeness (QED) is 0.623. The molecular weight excluding hydrogens is 158 g/mol. The molecule has 0 aliphatic heterocycles. The highest BCUT2D eigenvalue weighted by atomic mass is 14.6. The third kappa shape index (κ3) is 3.24. The summed E-state index contributed by atoms with van der Waals surface area (Å²) in [5.74, 6) is 0. The van der Waals surface area contributed by atoms with Crippen molar-refractivity contribution in [3.63, 3.8) is 0 Å². The van der Waals surface area contributed by atoms with Gasteiger partial charge in [-0.1, -0.05) is 37.3 Å². The van der Waals surface area contributed by atoms with E-state index in [9.17, 15) is 0 Å². The SMILES string of the molecule is CCc1cccc(/C=C\C=NC)c1. The molecule has 1 aromatic rings. The lowest BCUT2D eigenvalue weighted by Crippen LogP contribution is -1.80. The summed E-state index contributed by atoms with van der Waals surface area (Å²) in [4.78, 5) is 3.88. The van der Waals surface area contributed by atoms with E-state index in [1.54, 1.807) is 13.3 Å². The molecule has 0 bridgehead atoms. The van der Waals surface area contributed by atoms with Gasteiger partial charge in [0.15, 0.2) is 0 Å². The average Bonchev–Trinajstić information content (AvgIpc) is 2.19. The molecule has 0 aliphatic carbocycles. The zero-order valence-electron chi connectivity index (χ0n) is 8.20. The van der Waals surface area contributed by atoms with Gasteiger partial charge in [-0.3, -0.25) is 4.99 Å². The molecule has 68 valence electrons. The molecule has 0 N–H and O–H groups in total. The van der Waals surface area contributed by atoms with Gasteiger partial charge in [0.05, 0.1) is 0 Å². The maximum Gasteiger partial charge on any atom is 0.0277 e. The van der Waals surface area contributed by atoms with Crippen LogP contribution in [0.4, 0.5) is 0 Å². The second-order valence-electron chi connectivity index (χ2n) is 2.86. The Kier molecular flexibility index (Phi) is 3.97. The zero-order valence-corrected chi connectivity index (χ0v) is 8.20. The second kappa shape index (κ2) is 5.31. The van der Waals surface area contributed by atoms with E-state index in [1.807, 2.05) is 6.08 Å². The molecule has 0 fully saturated rings. The van der Waals surface area contributed by atoms with Crippen molar-refractivity contribution < 1.29 is 0 Å². The van der Waals surface area contributed by atoms with E-state index in [1.165, 1.54) is 11.1 Å². The van der Waals surface area contributed by atoms with E-state index in [0.29, 0.717) is 0 Å². The van der Waals surface area contributed by atoms with E-state index in [-0.39, 0.29) is 0 Å². The van der Waals surface area contributed by atoms with Gasteiger partial charge < -0.3 is 0 Å². The summed E-state index contributed by atoms with van der Waals surface area (Å²) in [6.07, 6.45) is 6.89. The normalized spacial score (nSPS) is 11.5. The number of allylic oxidation sites excluding steroid dienone is 1. The van der Waals surface area contributed by atoms with E-state index in [2.05, 4.69) is 42.3 Å². The van der Waals surface area contributed by atoms with Gasteiger partial charge in [-0.05, 0) is 23.6 Å². The molecule has 0 radical (unpaired) electrons. The van der Waals surface area contributed by atoms with Crippen molar-refractivity contribution in [3.8, 4) is 0 Å². The van der Waals surface area contributed by atoms with Gasteiger partial charge in [0.25, 0.3) is 0 Å². The smallest absolute Gasteiger partial charge is 0.0277 e. The first-order valence-corrected chi connectivity index (χ1v) is 4.54. The standard InChI is InChI=1S/C12H15N/c1-3-11-6-4-7-12(10-11)8-5-9-13-2/h4-10H,3H2,1-2H3/b8-5-,13-9?. The van der Waals surface area contributed by atoms with Gasteiger partial charge in [0.1, 0.15) is 0 Å². The molecule has 0 spiro atoms. The first kappa shape index (κ1) is 9.72. The Morgan fingerprint density at radius 2 is 2.23 bits per heavy atom. The van der Waals surface area contributed by atoms with Crippen LogP contribution in [0.2, 0.25) is 0 Å². The predicted octanol–water partition coefficient (Wildman–Crippen LogP) is 2.96. The molecule has 1 nitrogen and oxygen atoms in total. The highest BCUT2D eigenvalue weighted by Gasteiger charge is 1.88. The molecule has 0 amide bonds. The Morgan fingerprint density at radius 1 is 1.38 bits per heavy atom. The first-order valence-electron chi connectivity index (χ1n) is 4.54. The lowest BCUT2D eigenvalue weighted by atomic mass is 10.1. The summed E-state index contributed by atoms with van der Waals surface area (Å²) in [5.41, 5.74) is 2.61. The minimum atomic E-state index is 1.09. The first-order chi connectivity index (χ1) is 6.36. The molecule has 0 saturated heterocycles. The number of hydrogen-bond donors (Lipinski definition) is 0. The van der Waals surface area contributed by atoms with Gasteiger partial charge in [-0.25, -0.2) is 0 Å². The fraction of sp³-hybridized carbons (Fsp3) is 0.250. The van der Waals surface area contributed by atoms with E-state index < -0.39 is 0 Å². The summed E-state index contributed by atoms with van der Waals surface area (Å²) in [6.45, 7) is 2.16. The van der Waals surface area contributed by atoms with Gasteiger partial charge in [-0.2, -0.15) is 0 Å². The van der Waals surface area contributed by atoms with Crippen LogP contribution in [0.1, 0.15) is 18.1 Å². The van der Waals surface area contributed by atoms with Crippen molar-refractivity contribution >= 4 is 12.3 Å². The summed E-state index contributed by atoms with van der Waals surface area (Å²) >= 11 is 0. The predicted molar refractivity (Wildman–Crippen MR) is 59.3 cm³/mol. The average molecular weight is 173 g/mol. The molecule has 1 rings (SSSR count). The molecular formula is C12H15N. The third-order valence-corrected chi connectivity index (χ3v) is 1.88. The van der Waals surface area contributed by atoms with E-state index >= 15 is 0 Å². The summed E-state index contributed by atoms with van der Waals surface area (Å²) < 4.78 is 0. The van der Waals surface area contributed by atoms with Crippen molar-refractivity contribution in [2.45, 2.75) is 13.3 Å². The summed E-state index contributed by atoms with van der Waals surface area (Å²) in [5, 5.41) is 0. The number of rotatable bonds is 3. The van der Waals surface area contributed by atoms with Gasteiger partial charge in [-0.15, -0.1) is 0 Å². The maximum atomic E-state index is 3.88. The Hall–Kier alpha value is -1.37. The van der Waals surface area contributed by atoms with Crippen LogP contribution >= 0.6 is 0 Å². The number of benzene rings is 1. The number of nitrogens with zero attached hydrogens (tertiary/aromatic N) is 1. The highest BCUT2D eigenvalue weighted by Crippen LogP contribution is 2.06. The lowest BCUT2D eigenvalue weighted by Gasteiger charge is -1.97. The van der Waals surface area contributed by atoms with Crippen LogP contribution < -0.4 is 0 Å². The monoisotopic (exact) mass is 173 g/mol. The van der Waals surface area contributed by atoms with Crippen molar-refractivity contribution in [3.05, 3.63) is 41.5 Å². The summed E-state index contributed by atoms with van der Waals surface area (Å²) in [7, 11) is 1.77. The molecule has 0 atom stereocenters. The van der Waals surface area contributed by atoms with E-state index in [0.717, 1.165) is 6.42 Å². The molecule has 0 aliphatic rings. The molecule has 1 aromatic carbocycles. The number of aryl methyl sites for hydroxylation is 1. The van der Waals surface area contributed by atoms with Crippen LogP contribution in [0.3, 0.4) is 0 Å². The highest BCUT2D eigenvalue weighted by molar-refractivity contribution is 5.78. The Labute approximate surface area is 79.8 Å². The van der Waals surface area contributed by atoms with Crippen molar-refractivity contribution in [2.24, 2.45) is 4.99 Å². The van der Waals surface area contributed by atoms with Crippen molar-refractivity contribution in [1.29, 1.82) is 0 Å². The number of hydrogen-bond acceptors (Lipinski definition) is 1. The van der Waals surface area contributed by atoms with Crippen LogP contribution in [0.5, 0.6) is 0 Å². The van der Waals surface area contributed by atoms with Crippen LogP contribution in [-0.4, -0.2) is 13.3 Å². The second-order valence-corrected chi connectivity index (χ2v) is 2.86. The molecule has 0 heterocycles. The van der Waals surface area contributed by atoms with Crippen molar-refractivity contribution in [2.75, 3.05) is 7.05 Å². The molecule has 0 saturated carbocycles. The lowest BCUT2D eigenvalue weighted by molar-refractivity contribution is 1.14. The third-order valence-electron chi connectivity index (χ3n) is 1.88. The largest absolute Gasteiger partial charge is 0.297 e. The van der Waals surface area contributed by atoms with Crippen molar-refractivity contribution in [1.82, 2.24) is 0 Å². The van der Waals surface area contributed by atoms with Crippen LogP contribution in [0.25, 0.3) is 6.08 Å². The molecule has 0 unspecified atom stereocenters. The Balaban J connectivity index is 2.77. The fourth-order valence-corrected chi connectivity index (χ4v) is 1.16. The Morgan fingerprint density at radius 3 is 2.92 bits per heavy atom. The number of aliphatic imine (C=N–C) groups is 1. The summed E-state index contributed by atoms with van der Waals surface area (Å²) in [6, 6.07) is 8.52. The van der Waals surface area contributed by atoms with Gasteiger partial charge in [0.2, 0.25) is 0 Å². The molecule has 0 aromatic heterocycles.